The number of ether oxygens (including phenoxy) is 1. The first-order chi connectivity index (χ1) is 16.3. The number of aliphatic hydroxyl groups is 1. The maximum atomic E-state index is 13.7. The molecule has 1 atom stereocenters. The number of aliphatic hydroxyl groups excluding tert-OH is 1. The minimum Gasteiger partial charge on any atom is -0.459 e. The van der Waals surface area contributed by atoms with Gasteiger partial charge in [-0.05, 0) is 58.2 Å². The first-order valence-electron chi connectivity index (χ1n) is 12.0. The highest BCUT2D eigenvalue weighted by atomic mass is 32.1. The number of hydrogen-bond acceptors (Lipinski definition) is 7. The minimum absolute atomic E-state index is 0.0132. The summed E-state index contributed by atoms with van der Waals surface area (Å²) in [6.45, 7) is 12.5. The molecular formula is C26H38N4O4S. The molecule has 8 nitrogen and oxygen atoms in total. The first-order valence-corrected chi connectivity index (χ1v) is 12.8. The van der Waals surface area contributed by atoms with E-state index in [1.807, 2.05) is 67.6 Å². The number of carbonyl (C=O) groups is 2. The van der Waals surface area contributed by atoms with Crippen molar-refractivity contribution >= 4 is 39.2 Å². The molecular weight excluding hydrogens is 464 g/mol. The Kier molecular flexibility index (Phi) is 8.24. The van der Waals surface area contributed by atoms with Crippen LogP contribution in [0.4, 0.5) is 0 Å². The van der Waals surface area contributed by atoms with Gasteiger partial charge in [-0.25, -0.2) is 4.98 Å². The molecule has 1 amide bonds. The van der Waals surface area contributed by atoms with Gasteiger partial charge in [0.05, 0.1) is 17.7 Å². The number of nitrogens with zero attached hydrogens (tertiary/aromatic N) is 4. The number of fused-ring (bicyclic) bond motifs is 3. The molecule has 2 heterocycles. The third-order valence-electron chi connectivity index (χ3n) is 5.41. The van der Waals surface area contributed by atoms with Crippen LogP contribution in [0.25, 0.3) is 16.0 Å². The molecule has 35 heavy (non-hydrogen) atoms. The molecule has 1 aromatic carbocycles. The fourth-order valence-electron chi connectivity index (χ4n) is 4.01. The summed E-state index contributed by atoms with van der Waals surface area (Å²) in [6, 6.07) is 7.29. The zero-order chi connectivity index (χ0) is 26.0. The minimum atomic E-state index is -0.620. The van der Waals surface area contributed by atoms with Gasteiger partial charge in [-0.15, -0.1) is 0 Å². The van der Waals surface area contributed by atoms with Crippen molar-refractivity contribution in [1.29, 1.82) is 0 Å². The van der Waals surface area contributed by atoms with Crippen molar-refractivity contribution < 1.29 is 19.4 Å². The number of hydrogen-bond donors (Lipinski definition) is 1. The van der Waals surface area contributed by atoms with Crippen LogP contribution >= 0.6 is 11.3 Å². The van der Waals surface area contributed by atoms with E-state index in [1.54, 1.807) is 4.90 Å². The number of esters is 1. The predicted octanol–water partition coefficient (Wildman–Crippen LogP) is 4.41. The molecule has 0 aliphatic carbocycles. The van der Waals surface area contributed by atoms with E-state index >= 15 is 0 Å². The number of likely N-dealkylation sites (N-methyl/N-ethyl adjacent to an activating group) is 1. The van der Waals surface area contributed by atoms with E-state index in [0.717, 1.165) is 16.0 Å². The second-order valence-corrected chi connectivity index (χ2v) is 12.2. The van der Waals surface area contributed by atoms with Gasteiger partial charge in [-0.2, -0.15) is 0 Å². The van der Waals surface area contributed by atoms with Crippen LogP contribution in [0.5, 0.6) is 0 Å². The third-order valence-corrected chi connectivity index (χ3v) is 6.39. The molecule has 2 aromatic heterocycles. The Balaban J connectivity index is 1.87. The fraction of sp³-hybridized carbons (Fsp3) is 0.577. The number of benzene rings is 1. The molecule has 1 N–H and O–H groups in total. The summed E-state index contributed by atoms with van der Waals surface area (Å²) in [4.78, 5) is 36.3. The first kappa shape index (κ1) is 27.1. The third kappa shape index (κ3) is 7.02. The second-order valence-electron chi connectivity index (χ2n) is 11.2. The van der Waals surface area contributed by atoms with E-state index < -0.39 is 11.6 Å². The van der Waals surface area contributed by atoms with Gasteiger partial charge in [0, 0.05) is 19.3 Å². The largest absolute Gasteiger partial charge is 0.459 e. The smallest absolute Gasteiger partial charge is 0.323 e. The molecule has 0 saturated heterocycles. The van der Waals surface area contributed by atoms with Gasteiger partial charge in [-0.1, -0.05) is 44.2 Å². The van der Waals surface area contributed by atoms with Gasteiger partial charge < -0.3 is 14.7 Å². The molecule has 0 aliphatic heterocycles. The van der Waals surface area contributed by atoms with E-state index in [0.29, 0.717) is 24.3 Å². The summed E-state index contributed by atoms with van der Waals surface area (Å²) in [7, 11) is 1.82. The van der Waals surface area contributed by atoms with E-state index in [-0.39, 0.29) is 30.6 Å². The van der Waals surface area contributed by atoms with Crippen LogP contribution in [-0.4, -0.2) is 74.7 Å². The van der Waals surface area contributed by atoms with E-state index in [2.05, 4.69) is 25.8 Å². The van der Waals surface area contributed by atoms with Gasteiger partial charge in [0.15, 0.2) is 4.96 Å². The Bertz CT molecular complexity index is 1170. The lowest BCUT2D eigenvalue weighted by atomic mass is 9.96. The average molecular weight is 503 g/mol. The van der Waals surface area contributed by atoms with Crippen LogP contribution in [0.15, 0.2) is 30.5 Å². The van der Waals surface area contributed by atoms with Crippen LogP contribution in [0.1, 0.15) is 64.1 Å². The number of rotatable bonds is 9. The molecule has 0 spiro atoms. The molecule has 0 radical (unpaired) electrons. The molecule has 0 fully saturated rings. The summed E-state index contributed by atoms with van der Waals surface area (Å²) < 4.78 is 7.60. The average Bonchev–Trinajstić information content (AvgIpc) is 3.29. The highest BCUT2D eigenvalue weighted by Crippen LogP contribution is 2.26. The standard InChI is InChI=1S/C26H38N4O4S/c1-25(2,3)16-29(17-28(7)20(13-10-14-31)23(33)34-26(4,5)6)22(32)21-15-30-19-12-9-8-11-18(19)27-24(30)35-21/h8-9,11-12,15,20,31H,10,13-14,16-17H2,1-7H3. The predicted molar refractivity (Wildman–Crippen MR) is 140 cm³/mol. The van der Waals surface area contributed by atoms with Gasteiger partial charge >= 0.3 is 5.97 Å². The molecule has 3 aromatic rings. The van der Waals surface area contributed by atoms with Crippen molar-refractivity contribution in [2.24, 2.45) is 5.41 Å². The Morgan fingerprint density at radius 2 is 1.86 bits per heavy atom. The molecule has 0 aliphatic rings. The van der Waals surface area contributed by atoms with E-state index in [9.17, 15) is 14.7 Å². The number of aromatic nitrogens is 2. The maximum absolute atomic E-state index is 13.7. The highest BCUT2D eigenvalue weighted by Gasteiger charge is 2.32. The summed E-state index contributed by atoms with van der Waals surface area (Å²) in [5.41, 5.74) is 1.09. The summed E-state index contributed by atoms with van der Waals surface area (Å²) in [5, 5.41) is 9.36. The van der Waals surface area contributed by atoms with Crippen LogP contribution in [0.3, 0.4) is 0 Å². The van der Waals surface area contributed by atoms with Crippen molar-refractivity contribution in [3.05, 3.63) is 35.3 Å². The van der Waals surface area contributed by atoms with Crippen LogP contribution in [0.2, 0.25) is 0 Å². The molecule has 3 rings (SSSR count). The molecule has 9 heteroatoms. The van der Waals surface area contributed by atoms with Gasteiger partial charge in [0.1, 0.15) is 16.5 Å². The Labute approximate surface area is 211 Å². The molecule has 192 valence electrons. The number of imidazole rings is 1. The van der Waals surface area contributed by atoms with Crippen molar-refractivity contribution in [2.45, 2.75) is 66.0 Å². The van der Waals surface area contributed by atoms with E-state index in [4.69, 9.17) is 4.74 Å². The van der Waals surface area contributed by atoms with Crippen LogP contribution in [-0.2, 0) is 9.53 Å². The van der Waals surface area contributed by atoms with E-state index in [1.165, 1.54) is 11.3 Å². The van der Waals surface area contributed by atoms with Crippen molar-refractivity contribution in [2.75, 3.05) is 26.9 Å². The number of carbonyl (C=O) groups excluding carboxylic acids is 2. The van der Waals surface area contributed by atoms with Crippen LogP contribution in [0, 0.1) is 5.41 Å². The number of amides is 1. The van der Waals surface area contributed by atoms with Crippen molar-refractivity contribution in [3.63, 3.8) is 0 Å². The Morgan fingerprint density at radius 3 is 2.49 bits per heavy atom. The molecule has 0 saturated carbocycles. The van der Waals surface area contributed by atoms with Gasteiger partial charge in [0.2, 0.25) is 0 Å². The highest BCUT2D eigenvalue weighted by molar-refractivity contribution is 7.18. The quantitative estimate of drug-likeness (QED) is 0.345. The van der Waals surface area contributed by atoms with Crippen molar-refractivity contribution in [3.8, 4) is 0 Å². The Hall–Kier alpha value is -2.49. The lowest BCUT2D eigenvalue weighted by molar-refractivity contribution is -0.162. The second kappa shape index (κ2) is 10.6. The van der Waals surface area contributed by atoms with Gasteiger partial charge in [0.25, 0.3) is 5.91 Å². The van der Waals surface area contributed by atoms with Crippen LogP contribution < -0.4 is 0 Å². The monoisotopic (exact) mass is 502 g/mol. The lowest BCUT2D eigenvalue weighted by Crippen LogP contribution is -2.50. The summed E-state index contributed by atoms with van der Waals surface area (Å²) >= 11 is 1.37. The summed E-state index contributed by atoms with van der Waals surface area (Å²) in [5.74, 6) is -0.450. The number of thiazole rings is 1. The van der Waals surface area contributed by atoms with Crippen molar-refractivity contribution in [1.82, 2.24) is 19.2 Å². The maximum Gasteiger partial charge on any atom is 0.323 e. The molecule has 0 bridgehead atoms. The number of para-hydroxylation sites is 2. The summed E-state index contributed by atoms with van der Waals surface area (Å²) in [6.07, 6.45) is 2.76. The zero-order valence-corrected chi connectivity index (χ0v) is 22.7. The topological polar surface area (TPSA) is 87.4 Å². The SMILES string of the molecule is CN(CN(CC(C)(C)C)C(=O)c1cn2c(nc3ccccc32)s1)C(CCCO)C(=O)OC(C)(C)C. The zero-order valence-electron chi connectivity index (χ0n) is 21.9. The Morgan fingerprint density at radius 1 is 1.17 bits per heavy atom. The molecule has 1 unspecified atom stereocenters. The normalized spacial score (nSPS) is 13.5. The fourth-order valence-corrected chi connectivity index (χ4v) is 4.98. The van der Waals surface area contributed by atoms with Gasteiger partial charge in [-0.3, -0.25) is 18.9 Å². The lowest BCUT2D eigenvalue weighted by Gasteiger charge is -2.36.